The third-order valence-electron chi connectivity index (χ3n) is 3.80. The van der Waals surface area contributed by atoms with Crippen LogP contribution in [-0.2, 0) is 16.8 Å². The molecule has 0 aromatic carbocycles. The van der Waals surface area contributed by atoms with Crippen LogP contribution < -0.4 is 5.73 Å². The second kappa shape index (κ2) is 3.53. The van der Waals surface area contributed by atoms with Crippen molar-refractivity contribution in [2.75, 3.05) is 0 Å². The maximum atomic E-state index is 11.4. The Morgan fingerprint density at radius 3 is 2.82 bits per heavy atom. The van der Waals surface area contributed by atoms with Crippen LogP contribution in [0.3, 0.4) is 0 Å². The molecule has 0 spiro atoms. The van der Waals surface area contributed by atoms with Crippen LogP contribution in [0.2, 0.25) is 0 Å². The molecule has 0 aliphatic heterocycles. The monoisotopic (exact) mass is 236 g/mol. The summed E-state index contributed by atoms with van der Waals surface area (Å²) in [6.45, 7) is 0.856. The van der Waals surface area contributed by atoms with Crippen molar-refractivity contribution < 1.29 is 9.90 Å². The van der Waals surface area contributed by atoms with Crippen molar-refractivity contribution in [3.63, 3.8) is 0 Å². The number of carboxylic acids is 1. The Bertz CT molecular complexity index is 446. The summed E-state index contributed by atoms with van der Waals surface area (Å²) in [6.07, 6.45) is 5.18. The number of hydrogen-bond donors (Lipinski definition) is 2. The van der Waals surface area contributed by atoms with E-state index in [4.69, 9.17) is 5.73 Å². The van der Waals surface area contributed by atoms with E-state index in [1.54, 1.807) is 10.9 Å². The number of nitrogens with zero attached hydrogens (tertiary/aromatic N) is 3. The van der Waals surface area contributed by atoms with Crippen molar-refractivity contribution >= 4 is 5.97 Å². The van der Waals surface area contributed by atoms with Gasteiger partial charge in [0.15, 0.2) is 0 Å². The van der Waals surface area contributed by atoms with E-state index in [1.165, 1.54) is 12.8 Å². The first-order valence-electron chi connectivity index (χ1n) is 6.00. The maximum absolute atomic E-state index is 11.4. The molecule has 1 heterocycles. The summed E-state index contributed by atoms with van der Waals surface area (Å²) in [4.78, 5) is 11.4. The van der Waals surface area contributed by atoms with Gasteiger partial charge in [0.05, 0.1) is 0 Å². The largest absolute Gasteiger partial charge is 0.481 e. The molecule has 0 amide bonds. The molecular weight excluding hydrogens is 220 g/mol. The second-order valence-electron chi connectivity index (χ2n) is 5.32. The fourth-order valence-electron chi connectivity index (χ4n) is 2.50. The van der Waals surface area contributed by atoms with Crippen molar-refractivity contribution in [3.8, 4) is 0 Å². The zero-order chi connectivity index (χ0) is 12.0. The Hall–Kier alpha value is -1.43. The zero-order valence-corrected chi connectivity index (χ0v) is 9.54. The van der Waals surface area contributed by atoms with Gasteiger partial charge >= 0.3 is 5.97 Å². The van der Waals surface area contributed by atoms with Gasteiger partial charge in [0.2, 0.25) is 0 Å². The molecule has 0 atom stereocenters. The molecule has 0 unspecified atom stereocenters. The highest BCUT2D eigenvalue weighted by atomic mass is 16.4. The van der Waals surface area contributed by atoms with E-state index in [1.807, 2.05) is 0 Å². The van der Waals surface area contributed by atoms with E-state index in [-0.39, 0.29) is 6.04 Å². The number of hydrogen-bond acceptors (Lipinski definition) is 4. The molecule has 1 aromatic rings. The highest BCUT2D eigenvalue weighted by Crippen LogP contribution is 2.42. The topological polar surface area (TPSA) is 94.0 Å². The lowest BCUT2D eigenvalue weighted by Gasteiger charge is -2.40. The molecule has 3 rings (SSSR count). The highest BCUT2D eigenvalue weighted by molar-refractivity contribution is 5.82. The van der Waals surface area contributed by atoms with E-state index in [2.05, 4.69) is 10.3 Å². The van der Waals surface area contributed by atoms with Crippen LogP contribution in [0.15, 0.2) is 6.20 Å². The maximum Gasteiger partial charge on any atom is 0.315 e. The lowest BCUT2D eigenvalue weighted by Crippen LogP contribution is -2.54. The van der Waals surface area contributed by atoms with E-state index in [0.717, 1.165) is 6.54 Å². The van der Waals surface area contributed by atoms with E-state index >= 15 is 0 Å². The van der Waals surface area contributed by atoms with Gasteiger partial charge in [-0.25, -0.2) is 0 Å². The number of aromatic nitrogens is 3. The number of rotatable bonds is 4. The third-order valence-corrected chi connectivity index (χ3v) is 3.80. The average Bonchev–Trinajstić information content (AvgIpc) is 2.90. The lowest BCUT2D eigenvalue weighted by molar-refractivity contribution is -0.148. The number of aliphatic carboxylic acids is 1. The van der Waals surface area contributed by atoms with Crippen molar-refractivity contribution in [1.82, 2.24) is 15.0 Å². The molecule has 2 saturated carbocycles. The van der Waals surface area contributed by atoms with Gasteiger partial charge in [-0.15, -0.1) is 5.10 Å². The SMILES string of the molecule is NC1CC(C(=O)O)(c2cn(CC3CC3)nn2)C1. The Labute approximate surface area is 98.8 Å². The van der Waals surface area contributed by atoms with Gasteiger partial charge in [-0.1, -0.05) is 5.21 Å². The first kappa shape index (κ1) is 10.7. The summed E-state index contributed by atoms with van der Waals surface area (Å²) in [6, 6.07) is -0.0281. The quantitative estimate of drug-likeness (QED) is 0.775. The van der Waals surface area contributed by atoms with Crippen LogP contribution in [0, 0.1) is 5.92 Å². The second-order valence-corrected chi connectivity index (χ2v) is 5.32. The Balaban J connectivity index is 1.81. The summed E-state index contributed by atoms with van der Waals surface area (Å²) in [5, 5.41) is 17.4. The smallest absolute Gasteiger partial charge is 0.315 e. The summed E-state index contributed by atoms with van der Waals surface area (Å²) in [5.41, 5.74) is 5.38. The predicted molar refractivity (Wildman–Crippen MR) is 59.3 cm³/mol. The van der Waals surface area contributed by atoms with Gasteiger partial charge in [0.1, 0.15) is 11.1 Å². The molecule has 92 valence electrons. The first-order chi connectivity index (χ1) is 8.10. The van der Waals surface area contributed by atoms with Gasteiger partial charge in [-0.05, 0) is 31.6 Å². The van der Waals surface area contributed by atoms with Gasteiger partial charge in [-0.2, -0.15) is 0 Å². The van der Waals surface area contributed by atoms with Crippen molar-refractivity contribution in [3.05, 3.63) is 11.9 Å². The minimum atomic E-state index is -0.888. The molecule has 0 bridgehead atoms. The van der Waals surface area contributed by atoms with Gasteiger partial charge in [-0.3, -0.25) is 9.48 Å². The molecule has 2 aliphatic rings. The van der Waals surface area contributed by atoms with Crippen molar-refractivity contribution in [2.24, 2.45) is 11.7 Å². The zero-order valence-electron chi connectivity index (χ0n) is 9.54. The van der Waals surface area contributed by atoms with Crippen LogP contribution in [-0.4, -0.2) is 32.1 Å². The molecule has 17 heavy (non-hydrogen) atoms. The fraction of sp³-hybridized carbons (Fsp3) is 0.727. The molecule has 2 fully saturated rings. The Morgan fingerprint density at radius 1 is 1.59 bits per heavy atom. The van der Waals surface area contributed by atoms with Crippen molar-refractivity contribution in [1.29, 1.82) is 0 Å². The molecular formula is C11H16N4O2. The van der Waals surface area contributed by atoms with Gasteiger partial charge in [0.25, 0.3) is 0 Å². The average molecular weight is 236 g/mol. The Kier molecular flexibility index (Phi) is 2.22. The number of nitrogens with two attached hydrogens (primary N) is 1. The highest BCUT2D eigenvalue weighted by Gasteiger charge is 2.52. The first-order valence-corrected chi connectivity index (χ1v) is 6.00. The lowest BCUT2D eigenvalue weighted by atomic mass is 9.64. The normalized spacial score (nSPS) is 32.2. The Morgan fingerprint density at radius 2 is 2.29 bits per heavy atom. The summed E-state index contributed by atoms with van der Waals surface area (Å²) >= 11 is 0. The van der Waals surface area contributed by atoms with Gasteiger partial charge < -0.3 is 10.8 Å². The molecule has 0 saturated heterocycles. The van der Waals surface area contributed by atoms with E-state index < -0.39 is 11.4 Å². The molecule has 1 aromatic heterocycles. The summed E-state index contributed by atoms with van der Waals surface area (Å²) in [7, 11) is 0. The minimum Gasteiger partial charge on any atom is -0.481 e. The molecule has 3 N–H and O–H groups in total. The molecule has 6 heteroatoms. The minimum absolute atomic E-state index is 0.0281. The van der Waals surface area contributed by atoms with Crippen molar-refractivity contribution in [2.45, 2.75) is 43.7 Å². The van der Waals surface area contributed by atoms with Crippen LogP contribution in [0.1, 0.15) is 31.4 Å². The predicted octanol–water partition coefficient (Wildman–Crippen LogP) is 0.132. The molecule has 0 radical (unpaired) electrons. The van der Waals surface area contributed by atoms with E-state index in [9.17, 15) is 9.90 Å². The summed E-state index contributed by atoms with van der Waals surface area (Å²) in [5.74, 6) is -0.133. The van der Waals surface area contributed by atoms with Crippen LogP contribution in [0.5, 0.6) is 0 Å². The standard InChI is InChI=1S/C11H16N4O2/c12-8-3-11(4-8,10(16)17)9-6-15(14-13-9)5-7-1-2-7/h6-8H,1-5,12H2,(H,16,17). The number of carbonyl (C=O) groups is 1. The third kappa shape index (κ3) is 1.72. The molecule has 6 nitrogen and oxygen atoms in total. The number of carboxylic acid groups (broad SMARTS) is 1. The fourth-order valence-corrected chi connectivity index (χ4v) is 2.50. The van der Waals surface area contributed by atoms with Crippen LogP contribution in [0.25, 0.3) is 0 Å². The van der Waals surface area contributed by atoms with Gasteiger partial charge in [0, 0.05) is 18.8 Å². The van der Waals surface area contributed by atoms with E-state index in [0.29, 0.717) is 24.5 Å². The van der Waals surface area contributed by atoms with Crippen LogP contribution in [0.4, 0.5) is 0 Å². The summed E-state index contributed by atoms with van der Waals surface area (Å²) < 4.78 is 1.77. The van der Waals surface area contributed by atoms with Crippen LogP contribution >= 0.6 is 0 Å². The molecule has 2 aliphatic carbocycles.